The summed E-state index contributed by atoms with van der Waals surface area (Å²) in [5.41, 5.74) is 3.73. The van der Waals surface area contributed by atoms with Gasteiger partial charge in [-0.25, -0.2) is 13.2 Å². The molecule has 1 saturated carbocycles. The first-order valence-corrected chi connectivity index (χ1v) is 13.9. The third-order valence-electron chi connectivity index (χ3n) is 8.08. The molecule has 0 aromatic heterocycles. The molecule has 36 heavy (non-hydrogen) atoms. The minimum atomic E-state index is -0.816. The van der Waals surface area contributed by atoms with E-state index >= 15 is 4.39 Å². The van der Waals surface area contributed by atoms with Crippen molar-refractivity contribution in [2.75, 3.05) is 0 Å². The van der Waals surface area contributed by atoms with Gasteiger partial charge in [0.25, 0.3) is 0 Å². The topological polar surface area (TPSA) is 0 Å². The minimum Gasteiger partial charge on any atom is -0.207 e. The number of benzene rings is 3. The maximum Gasteiger partial charge on any atom is 0.166 e. The molecule has 0 heterocycles. The molecule has 0 atom stereocenters. The minimum absolute atomic E-state index is 0.136. The van der Waals surface area contributed by atoms with Crippen LogP contribution in [0.3, 0.4) is 0 Å². The Morgan fingerprint density at radius 2 is 1.33 bits per heavy atom. The molecule has 0 nitrogen and oxygen atoms in total. The molecule has 192 valence electrons. The molecular weight excluding hydrogens is 453 g/mol. The Morgan fingerprint density at radius 3 is 2.00 bits per heavy atom. The van der Waals surface area contributed by atoms with Crippen molar-refractivity contribution in [2.45, 2.75) is 90.4 Å². The molecule has 0 spiro atoms. The first-order valence-electron chi connectivity index (χ1n) is 13.9. The first-order chi connectivity index (χ1) is 17.5. The van der Waals surface area contributed by atoms with Gasteiger partial charge in [0.15, 0.2) is 11.6 Å². The Labute approximate surface area is 215 Å². The lowest BCUT2D eigenvalue weighted by Gasteiger charge is -2.29. The summed E-state index contributed by atoms with van der Waals surface area (Å²) in [6.07, 6.45) is 13.0. The van der Waals surface area contributed by atoms with Crippen LogP contribution in [0.5, 0.6) is 0 Å². The average molecular weight is 493 g/mol. The number of aryl methyl sites for hydroxylation is 1. The van der Waals surface area contributed by atoms with E-state index in [-0.39, 0.29) is 11.4 Å². The lowest BCUT2D eigenvalue weighted by Crippen LogP contribution is -2.14. The molecule has 0 amide bonds. The third kappa shape index (κ3) is 6.22. The molecule has 0 saturated heterocycles. The highest BCUT2D eigenvalue weighted by atomic mass is 19.2. The van der Waals surface area contributed by atoms with E-state index in [1.165, 1.54) is 51.4 Å². The second-order valence-corrected chi connectivity index (χ2v) is 10.5. The summed E-state index contributed by atoms with van der Waals surface area (Å²) >= 11 is 0. The Morgan fingerprint density at radius 1 is 0.667 bits per heavy atom. The quantitative estimate of drug-likeness (QED) is 0.247. The van der Waals surface area contributed by atoms with Crippen molar-refractivity contribution in [3.63, 3.8) is 0 Å². The van der Waals surface area contributed by atoms with Gasteiger partial charge in [0, 0.05) is 5.56 Å². The lowest BCUT2D eigenvalue weighted by atomic mass is 9.76. The average Bonchev–Trinajstić information content (AvgIpc) is 2.91. The van der Waals surface area contributed by atoms with Gasteiger partial charge >= 0.3 is 0 Å². The maximum absolute atomic E-state index is 15.2. The van der Waals surface area contributed by atoms with Crippen molar-refractivity contribution in [3.05, 3.63) is 83.2 Å². The fourth-order valence-corrected chi connectivity index (χ4v) is 5.76. The summed E-state index contributed by atoms with van der Waals surface area (Å²) < 4.78 is 43.9. The molecule has 1 aliphatic carbocycles. The molecule has 3 aromatic rings. The second kappa shape index (κ2) is 12.6. The number of rotatable bonds is 10. The number of unbranched alkanes of at least 4 members (excludes halogenated alkanes) is 4. The predicted molar refractivity (Wildman–Crippen MR) is 145 cm³/mol. The van der Waals surface area contributed by atoms with Gasteiger partial charge in [-0.15, -0.1) is 0 Å². The van der Waals surface area contributed by atoms with Crippen LogP contribution in [0, 0.1) is 23.4 Å². The summed E-state index contributed by atoms with van der Waals surface area (Å²) in [4.78, 5) is 0. The Bertz CT molecular complexity index is 1120. The summed E-state index contributed by atoms with van der Waals surface area (Å²) in [5, 5.41) is 0. The molecular formula is C33H39F3. The SMILES string of the molecule is CCCCCCCC1CCC(c2ccc(-c3ccc(-c4ccc(CC)c(F)c4F)cc3)cc2F)CC1. The molecule has 0 bridgehead atoms. The largest absolute Gasteiger partial charge is 0.207 e. The van der Waals surface area contributed by atoms with Crippen molar-refractivity contribution in [3.8, 4) is 22.3 Å². The smallest absolute Gasteiger partial charge is 0.166 e. The van der Waals surface area contributed by atoms with Crippen molar-refractivity contribution in [1.82, 2.24) is 0 Å². The van der Waals surface area contributed by atoms with E-state index in [9.17, 15) is 8.78 Å². The number of hydrogen-bond acceptors (Lipinski definition) is 0. The van der Waals surface area contributed by atoms with Crippen LogP contribution < -0.4 is 0 Å². The standard InChI is InChI=1S/C33H39F3/c1-3-5-6-7-8-9-23-10-12-26(13-11-23)29-20-19-28(22-31(29)34)25-14-16-27(17-15-25)30-21-18-24(4-2)32(35)33(30)36/h14-23,26H,3-13H2,1-2H3. The predicted octanol–water partition coefficient (Wildman–Crippen LogP) is 10.6. The van der Waals surface area contributed by atoms with E-state index < -0.39 is 11.6 Å². The second-order valence-electron chi connectivity index (χ2n) is 10.5. The molecule has 0 radical (unpaired) electrons. The summed E-state index contributed by atoms with van der Waals surface area (Å²) in [7, 11) is 0. The molecule has 1 aliphatic rings. The van der Waals surface area contributed by atoms with Crippen LogP contribution in [0.4, 0.5) is 13.2 Å². The number of halogens is 3. The Balaban J connectivity index is 1.38. The van der Waals surface area contributed by atoms with E-state index in [2.05, 4.69) is 6.92 Å². The van der Waals surface area contributed by atoms with Gasteiger partial charge in [0.1, 0.15) is 5.82 Å². The van der Waals surface area contributed by atoms with Gasteiger partial charge in [-0.05, 0) is 77.8 Å². The molecule has 0 unspecified atom stereocenters. The first kappa shape index (κ1) is 26.5. The molecule has 3 aromatic carbocycles. The highest BCUT2D eigenvalue weighted by Crippen LogP contribution is 2.39. The lowest BCUT2D eigenvalue weighted by molar-refractivity contribution is 0.298. The molecule has 0 N–H and O–H groups in total. The van der Waals surface area contributed by atoms with Crippen LogP contribution in [0.15, 0.2) is 54.6 Å². The van der Waals surface area contributed by atoms with Gasteiger partial charge in [-0.2, -0.15) is 0 Å². The highest BCUT2D eigenvalue weighted by Gasteiger charge is 2.24. The summed E-state index contributed by atoms with van der Waals surface area (Å²) in [6, 6.07) is 16.1. The molecule has 0 aliphatic heterocycles. The molecule has 4 rings (SSSR count). The van der Waals surface area contributed by atoms with Gasteiger partial charge < -0.3 is 0 Å². The molecule has 1 fully saturated rings. The van der Waals surface area contributed by atoms with Crippen molar-refractivity contribution < 1.29 is 13.2 Å². The summed E-state index contributed by atoms with van der Waals surface area (Å²) in [5.74, 6) is -0.619. The fourth-order valence-electron chi connectivity index (χ4n) is 5.76. The van der Waals surface area contributed by atoms with Crippen LogP contribution in [0.1, 0.15) is 95.1 Å². The zero-order valence-corrected chi connectivity index (χ0v) is 21.8. The summed E-state index contributed by atoms with van der Waals surface area (Å²) in [6.45, 7) is 4.06. The van der Waals surface area contributed by atoms with Crippen LogP contribution in [-0.4, -0.2) is 0 Å². The van der Waals surface area contributed by atoms with Gasteiger partial charge in [0.2, 0.25) is 0 Å². The zero-order chi connectivity index (χ0) is 25.5. The van der Waals surface area contributed by atoms with Crippen molar-refractivity contribution in [2.24, 2.45) is 5.92 Å². The molecule has 3 heteroatoms. The van der Waals surface area contributed by atoms with Crippen molar-refractivity contribution >= 4 is 0 Å². The van der Waals surface area contributed by atoms with Crippen molar-refractivity contribution in [1.29, 1.82) is 0 Å². The van der Waals surface area contributed by atoms with Crippen LogP contribution >= 0.6 is 0 Å². The van der Waals surface area contributed by atoms with E-state index in [4.69, 9.17) is 0 Å². The van der Waals surface area contributed by atoms with Crippen LogP contribution in [0.2, 0.25) is 0 Å². The van der Waals surface area contributed by atoms with Crippen LogP contribution in [0.25, 0.3) is 22.3 Å². The Hall–Kier alpha value is -2.55. The van der Waals surface area contributed by atoms with E-state index in [0.717, 1.165) is 35.4 Å². The van der Waals surface area contributed by atoms with Gasteiger partial charge in [-0.1, -0.05) is 101 Å². The van der Waals surface area contributed by atoms with E-state index in [1.807, 2.05) is 24.3 Å². The third-order valence-corrected chi connectivity index (χ3v) is 8.08. The number of hydrogen-bond donors (Lipinski definition) is 0. The monoisotopic (exact) mass is 492 g/mol. The van der Waals surface area contributed by atoms with Gasteiger partial charge in [0.05, 0.1) is 0 Å². The van der Waals surface area contributed by atoms with Gasteiger partial charge in [-0.3, -0.25) is 0 Å². The Kier molecular flexibility index (Phi) is 9.29. The highest BCUT2D eigenvalue weighted by molar-refractivity contribution is 5.71. The zero-order valence-electron chi connectivity index (χ0n) is 21.8. The maximum atomic E-state index is 15.2. The van der Waals surface area contributed by atoms with Crippen LogP contribution in [-0.2, 0) is 6.42 Å². The van der Waals surface area contributed by atoms with E-state index in [0.29, 0.717) is 23.5 Å². The van der Waals surface area contributed by atoms with E-state index in [1.54, 1.807) is 37.3 Å². The fraction of sp³-hybridized carbons (Fsp3) is 0.455. The normalized spacial score (nSPS) is 17.9.